The van der Waals surface area contributed by atoms with Crippen molar-refractivity contribution in [2.75, 3.05) is 7.11 Å². The maximum atomic E-state index is 12.0. The molecule has 1 heterocycles. The van der Waals surface area contributed by atoms with E-state index in [0.717, 1.165) is 4.47 Å². The lowest BCUT2D eigenvalue weighted by molar-refractivity contribution is 0.0593. The Bertz CT molecular complexity index is 607. The van der Waals surface area contributed by atoms with Crippen molar-refractivity contribution >= 4 is 27.7 Å². The van der Waals surface area contributed by atoms with Crippen molar-refractivity contribution in [1.82, 2.24) is 15.0 Å². The predicted octanol–water partition coefficient (Wildman–Crippen LogP) is 1.71. The van der Waals surface area contributed by atoms with Gasteiger partial charge in [0.05, 0.1) is 13.3 Å². The lowest BCUT2D eigenvalue weighted by Gasteiger charge is -2.00. The lowest BCUT2D eigenvalue weighted by Crippen LogP contribution is -2.11. The van der Waals surface area contributed by atoms with Gasteiger partial charge >= 0.3 is 5.97 Å². The Morgan fingerprint density at radius 2 is 2.00 bits per heavy atom. The molecule has 0 spiro atoms. The standard InChI is InChI=1S/C12H10BrN3O3/c1-19-12(18)10-6-16(15-14-10)7-11(17)8-2-4-9(13)5-3-8/h2-6H,7H2,1H3. The zero-order valence-corrected chi connectivity index (χ0v) is 11.6. The first-order valence-corrected chi connectivity index (χ1v) is 6.16. The van der Waals surface area contributed by atoms with Crippen LogP contribution in [0.1, 0.15) is 20.8 Å². The van der Waals surface area contributed by atoms with E-state index in [1.54, 1.807) is 24.3 Å². The molecule has 0 aliphatic carbocycles. The Balaban J connectivity index is 2.08. The van der Waals surface area contributed by atoms with E-state index >= 15 is 0 Å². The van der Waals surface area contributed by atoms with Crippen molar-refractivity contribution in [3.05, 3.63) is 46.2 Å². The second-order valence-electron chi connectivity index (χ2n) is 3.72. The number of carbonyl (C=O) groups is 2. The third-order valence-electron chi connectivity index (χ3n) is 2.40. The lowest BCUT2D eigenvalue weighted by atomic mass is 10.1. The second-order valence-corrected chi connectivity index (χ2v) is 4.64. The molecule has 1 aromatic carbocycles. The van der Waals surface area contributed by atoms with E-state index in [1.165, 1.54) is 18.0 Å². The molecule has 98 valence electrons. The summed E-state index contributed by atoms with van der Waals surface area (Å²) in [6, 6.07) is 7.00. The van der Waals surface area contributed by atoms with E-state index in [1.807, 2.05) is 0 Å². The number of ketones is 1. The van der Waals surface area contributed by atoms with Crippen LogP contribution in [0.3, 0.4) is 0 Å². The fraction of sp³-hybridized carbons (Fsp3) is 0.167. The van der Waals surface area contributed by atoms with Crippen LogP contribution >= 0.6 is 15.9 Å². The molecular weight excluding hydrogens is 314 g/mol. The molecule has 0 atom stereocenters. The summed E-state index contributed by atoms with van der Waals surface area (Å²) in [6.45, 7) is 0.0195. The number of ether oxygens (including phenoxy) is 1. The highest BCUT2D eigenvalue weighted by Crippen LogP contribution is 2.11. The number of carbonyl (C=O) groups excluding carboxylic acids is 2. The Labute approximate surface area is 117 Å². The Morgan fingerprint density at radius 1 is 1.32 bits per heavy atom. The number of benzene rings is 1. The molecule has 0 fully saturated rings. The molecule has 0 saturated heterocycles. The van der Waals surface area contributed by atoms with E-state index in [0.29, 0.717) is 5.56 Å². The summed E-state index contributed by atoms with van der Waals surface area (Å²) < 4.78 is 6.71. The van der Waals surface area contributed by atoms with Gasteiger partial charge in [0.1, 0.15) is 6.54 Å². The minimum atomic E-state index is -0.581. The Kier molecular flexibility index (Phi) is 4.06. The largest absolute Gasteiger partial charge is 0.464 e. The number of rotatable bonds is 4. The summed E-state index contributed by atoms with van der Waals surface area (Å²) in [4.78, 5) is 23.1. The highest BCUT2D eigenvalue weighted by Gasteiger charge is 2.13. The molecule has 19 heavy (non-hydrogen) atoms. The SMILES string of the molecule is COC(=O)c1cn(CC(=O)c2ccc(Br)cc2)nn1. The van der Waals surface area contributed by atoms with E-state index in [9.17, 15) is 9.59 Å². The molecule has 2 aromatic rings. The van der Waals surface area contributed by atoms with Gasteiger partial charge < -0.3 is 4.74 Å². The van der Waals surface area contributed by atoms with Gasteiger partial charge in [-0.15, -0.1) is 5.10 Å². The number of nitrogens with zero attached hydrogens (tertiary/aromatic N) is 3. The van der Waals surface area contributed by atoms with Crippen molar-refractivity contribution < 1.29 is 14.3 Å². The molecule has 0 aliphatic rings. The molecule has 0 amide bonds. The first kappa shape index (κ1) is 13.4. The zero-order chi connectivity index (χ0) is 13.8. The molecule has 0 aliphatic heterocycles. The molecule has 0 N–H and O–H groups in total. The summed E-state index contributed by atoms with van der Waals surface area (Å²) in [7, 11) is 1.26. The molecule has 6 nitrogen and oxygen atoms in total. The summed E-state index contributed by atoms with van der Waals surface area (Å²) in [5, 5.41) is 7.33. The summed E-state index contributed by atoms with van der Waals surface area (Å²) in [6.07, 6.45) is 1.38. The van der Waals surface area contributed by atoms with Gasteiger partial charge in [-0.05, 0) is 12.1 Å². The van der Waals surface area contributed by atoms with Crippen LogP contribution in [-0.2, 0) is 11.3 Å². The van der Waals surface area contributed by atoms with Gasteiger partial charge in [-0.2, -0.15) is 0 Å². The van der Waals surface area contributed by atoms with Gasteiger partial charge in [-0.25, -0.2) is 9.48 Å². The van der Waals surface area contributed by atoms with Crippen molar-refractivity contribution in [2.45, 2.75) is 6.54 Å². The van der Waals surface area contributed by atoms with E-state index in [4.69, 9.17) is 0 Å². The van der Waals surface area contributed by atoms with Gasteiger partial charge in [0.25, 0.3) is 0 Å². The molecule has 0 saturated carbocycles. The predicted molar refractivity (Wildman–Crippen MR) is 69.8 cm³/mol. The fourth-order valence-electron chi connectivity index (χ4n) is 1.45. The monoisotopic (exact) mass is 323 g/mol. The van der Waals surface area contributed by atoms with E-state index in [-0.39, 0.29) is 18.0 Å². The molecular formula is C12H10BrN3O3. The molecule has 0 unspecified atom stereocenters. The van der Waals surface area contributed by atoms with Gasteiger partial charge in [-0.3, -0.25) is 4.79 Å². The van der Waals surface area contributed by atoms with Crippen LogP contribution in [0.15, 0.2) is 34.9 Å². The van der Waals surface area contributed by atoms with Crippen LogP contribution in [-0.4, -0.2) is 33.9 Å². The van der Waals surface area contributed by atoms with Gasteiger partial charge in [0, 0.05) is 10.0 Å². The molecule has 0 bridgehead atoms. The smallest absolute Gasteiger partial charge is 0.360 e. The highest BCUT2D eigenvalue weighted by molar-refractivity contribution is 9.10. The number of methoxy groups -OCH3 is 1. The fourth-order valence-corrected chi connectivity index (χ4v) is 1.71. The van der Waals surface area contributed by atoms with Crippen LogP contribution in [0.25, 0.3) is 0 Å². The van der Waals surface area contributed by atoms with Crippen LogP contribution in [0.5, 0.6) is 0 Å². The van der Waals surface area contributed by atoms with Crippen molar-refractivity contribution in [2.24, 2.45) is 0 Å². The van der Waals surface area contributed by atoms with Crippen molar-refractivity contribution in [1.29, 1.82) is 0 Å². The summed E-state index contributed by atoms with van der Waals surface area (Å²) in [5.74, 6) is -0.698. The van der Waals surface area contributed by atoms with Crippen LogP contribution < -0.4 is 0 Å². The second kappa shape index (κ2) is 5.75. The number of hydrogen-bond acceptors (Lipinski definition) is 5. The first-order chi connectivity index (χ1) is 9.10. The minimum Gasteiger partial charge on any atom is -0.464 e. The highest BCUT2D eigenvalue weighted by atomic mass is 79.9. The van der Waals surface area contributed by atoms with E-state index in [2.05, 4.69) is 31.0 Å². The first-order valence-electron chi connectivity index (χ1n) is 5.37. The minimum absolute atomic E-state index is 0.0195. The molecule has 0 radical (unpaired) electrons. The van der Waals surface area contributed by atoms with Gasteiger partial charge in [-0.1, -0.05) is 33.3 Å². The normalized spacial score (nSPS) is 10.2. The Hall–Kier alpha value is -2.02. The quantitative estimate of drug-likeness (QED) is 0.632. The average molecular weight is 324 g/mol. The number of esters is 1. The molecule has 7 heteroatoms. The van der Waals surface area contributed by atoms with E-state index < -0.39 is 5.97 Å². The van der Waals surface area contributed by atoms with Crippen molar-refractivity contribution in [3.63, 3.8) is 0 Å². The van der Waals surface area contributed by atoms with Gasteiger partial charge in [0.15, 0.2) is 11.5 Å². The number of aromatic nitrogens is 3. The maximum absolute atomic E-state index is 12.0. The van der Waals surface area contributed by atoms with Crippen LogP contribution in [0.2, 0.25) is 0 Å². The number of hydrogen-bond donors (Lipinski definition) is 0. The third-order valence-corrected chi connectivity index (χ3v) is 2.93. The number of Topliss-reactive ketones (excluding diaryl/α,β-unsaturated/α-hetero) is 1. The van der Waals surface area contributed by atoms with Crippen LogP contribution in [0.4, 0.5) is 0 Å². The summed E-state index contributed by atoms with van der Waals surface area (Å²) >= 11 is 3.30. The van der Waals surface area contributed by atoms with Crippen molar-refractivity contribution in [3.8, 4) is 0 Å². The maximum Gasteiger partial charge on any atom is 0.360 e. The molecule has 1 aromatic heterocycles. The third kappa shape index (κ3) is 3.25. The summed E-state index contributed by atoms with van der Waals surface area (Å²) in [5.41, 5.74) is 0.643. The Morgan fingerprint density at radius 3 is 2.63 bits per heavy atom. The van der Waals surface area contributed by atoms with Crippen LogP contribution in [0, 0.1) is 0 Å². The zero-order valence-electron chi connectivity index (χ0n) is 10.0. The van der Waals surface area contributed by atoms with Gasteiger partial charge in [0.2, 0.25) is 0 Å². The number of halogens is 1. The molecule has 2 rings (SSSR count). The topological polar surface area (TPSA) is 74.1 Å². The average Bonchev–Trinajstić information content (AvgIpc) is 2.87.